The Labute approximate surface area is 69.4 Å². The van der Waals surface area contributed by atoms with Crippen LogP contribution in [-0.4, -0.2) is 15.0 Å². The molecule has 0 saturated carbocycles. The molecule has 0 aromatic rings. The fourth-order valence-corrected chi connectivity index (χ4v) is 1.37. The molecule has 0 saturated heterocycles. The molecule has 0 unspecified atom stereocenters. The summed E-state index contributed by atoms with van der Waals surface area (Å²) in [5, 5.41) is 0.999. The van der Waals surface area contributed by atoms with Gasteiger partial charge in [0.25, 0.3) is 0 Å². The van der Waals surface area contributed by atoms with E-state index in [9.17, 15) is 0 Å². The van der Waals surface area contributed by atoms with Crippen LogP contribution in [0.3, 0.4) is 0 Å². The van der Waals surface area contributed by atoms with Crippen LogP contribution in [0.2, 0.25) is 0 Å². The molecular weight excluding hydrogens is 288 g/mol. The Balaban J connectivity index is 3.14. The lowest BCUT2D eigenvalue weighted by atomic mass is 10.4. The SMILES string of the molecule is C[C@@H](Br)[C@H](Br)CBr. The Kier molecular flexibility index (Phi) is 5.22. The molecule has 0 aliphatic rings. The second-order valence-corrected chi connectivity index (χ2v) is 4.62. The molecule has 0 heterocycles. The summed E-state index contributed by atoms with van der Waals surface area (Å²) in [5.74, 6) is 0. The van der Waals surface area contributed by atoms with Crippen molar-refractivity contribution in [3.05, 3.63) is 0 Å². The Morgan fingerprint density at radius 3 is 1.86 bits per heavy atom. The highest BCUT2D eigenvalue weighted by atomic mass is 79.9. The van der Waals surface area contributed by atoms with Gasteiger partial charge in [0.1, 0.15) is 0 Å². The second kappa shape index (κ2) is 4.33. The van der Waals surface area contributed by atoms with Gasteiger partial charge in [0.15, 0.2) is 0 Å². The van der Waals surface area contributed by atoms with Gasteiger partial charge in [-0.1, -0.05) is 54.7 Å². The first kappa shape index (κ1) is 8.44. The first-order chi connectivity index (χ1) is 3.18. The fraction of sp³-hybridized carbons (Fsp3) is 1.00. The highest BCUT2D eigenvalue weighted by Crippen LogP contribution is 2.14. The molecule has 2 atom stereocenters. The molecule has 0 fully saturated rings. The van der Waals surface area contributed by atoms with Crippen LogP contribution in [-0.2, 0) is 0 Å². The highest BCUT2D eigenvalue weighted by molar-refractivity contribution is 9.13. The van der Waals surface area contributed by atoms with E-state index in [4.69, 9.17) is 0 Å². The summed E-state index contributed by atoms with van der Waals surface area (Å²) in [4.78, 5) is 1.10. The van der Waals surface area contributed by atoms with Gasteiger partial charge in [-0.15, -0.1) is 0 Å². The monoisotopic (exact) mass is 292 g/mol. The number of halogens is 3. The lowest BCUT2D eigenvalue weighted by Gasteiger charge is -2.05. The van der Waals surface area contributed by atoms with Crippen molar-refractivity contribution in [2.45, 2.75) is 16.6 Å². The van der Waals surface area contributed by atoms with Gasteiger partial charge >= 0.3 is 0 Å². The normalized spacial score (nSPS) is 18.9. The van der Waals surface area contributed by atoms with E-state index in [2.05, 4.69) is 54.7 Å². The molecule has 0 aliphatic carbocycles. The van der Waals surface area contributed by atoms with E-state index in [0.29, 0.717) is 9.65 Å². The lowest BCUT2D eigenvalue weighted by Crippen LogP contribution is -2.09. The molecule has 3 heteroatoms. The largest absolute Gasteiger partial charge is 0.0916 e. The van der Waals surface area contributed by atoms with Crippen LogP contribution in [0.4, 0.5) is 0 Å². The van der Waals surface area contributed by atoms with Crippen molar-refractivity contribution < 1.29 is 0 Å². The summed E-state index contributed by atoms with van der Waals surface area (Å²) in [7, 11) is 0. The summed E-state index contributed by atoms with van der Waals surface area (Å²) in [5.41, 5.74) is 0. The van der Waals surface area contributed by atoms with E-state index < -0.39 is 0 Å². The Hall–Kier alpha value is 1.44. The van der Waals surface area contributed by atoms with Crippen molar-refractivity contribution in [2.75, 3.05) is 5.33 Å². The molecule has 0 radical (unpaired) electrons. The Morgan fingerprint density at radius 2 is 1.86 bits per heavy atom. The third kappa shape index (κ3) is 3.98. The smallest absolute Gasteiger partial charge is 0.0365 e. The predicted molar refractivity (Wildman–Crippen MR) is 44.9 cm³/mol. The van der Waals surface area contributed by atoms with E-state index in [1.54, 1.807) is 0 Å². The number of rotatable bonds is 2. The molecule has 44 valence electrons. The standard InChI is InChI=1S/C4H7Br3/c1-3(6)4(7)2-5/h3-4H,2H2,1H3/t3-,4-/m1/s1. The summed E-state index contributed by atoms with van der Waals surface area (Å²) >= 11 is 10.2. The van der Waals surface area contributed by atoms with Crippen molar-refractivity contribution in [3.63, 3.8) is 0 Å². The molecular formula is C4H7Br3. The van der Waals surface area contributed by atoms with E-state index >= 15 is 0 Å². The van der Waals surface area contributed by atoms with Crippen LogP contribution >= 0.6 is 47.8 Å². The summed E-state index contributed by atoms with van der Waals surface area (Å²) < 4.78 is 0. The maximum Gasteiger partial charge on any atom is 0.0365 e. The van der Waals surface area contributed by atoms with E-state index in [1.165, 1.54) is 0 Å². The minimum absolute atomic E-state index is 0.548. The van der Waals surface area contributed by atoms with Gasteiger partial charge in [-0.25, -0.2) is 0 Å². The molecule has 0 aromatic carbocycles. The molecule has 0 aliphatic heterocycles. The second-order valence-electron chi connectivity index (χ2n) is 1.35. The minimum Gasteiger partial charge on any atom is -0.0916 e. The van der Waals surface area contributed by atoms with Gasteiger partial charge in [0, 0.05) is 15.0 Å². The van der Waals surface area contributed by atoms with E-state index in [1.807, 2.05) is 0 Å². The van der Waals surface area contributed by atoms with E-state index in [0.717, 1.165) is 5.33 Å². The molecule has 0 amide bonds. The first-order valence-electron chi connectivity index (χ1n) is 2.02. The maximum absolute atomic E-state index is 3.45. The van der Waals surface area contributed by atoms with Crippen LogP contribution < -0.4 is 0 Å². The van der Waals surface area contributed by atoms with E-state index in [-0.39, 0.29) is 0 Å². The van der Waals surface area contributed by atoms with Gasteiger partial charge in [0.2, 0.25) is 0 Å². The third-order valence-electron chi connectivity index (χ3n) is 0.646. The Morgan fingerprint density at radius 1 is 1.43 bits per heavy atom. The van der Waals surface area contributed by atoms with Crippen molar-refractivity contribution >= 4 is 47.8 Å². The van der Waals surface area contributed by atoms with Gasteiger partial charge in [-0.05, 0) is 0 Å². The van der Waals surface area contributed by atoms with Crippen molar-refractivity contribution in [2.24, 2.45) is 0 Å². The highest BCUT2D eigenvalue weighted by Gasteiger charge is 2.06. The molecule has 0 aromatic heterocycles. The lowest BCUT2D eigenvalue weighted by molar-refractivity contribution is 0.976. The third-order valence-corrected chi connectivity index (χ3v) is 4.68. The van der Waals surface area contributed by atoms with Crippen molar-refractivity contribution in [3.8, 4) is 0 Å². The quantitative estimate of drug-likeness (QED) is 0.687. The molecule has 0 nitrogen and oxygen atoms in total. The zero-order chi connectivity index (χ0) is 5.86. The van der Waals surface area contributed by atoms with Crippen molar-refractivity contribution in [1.82, 2.24) is 0 Å². The molecule has 7 heavy (non-hydrogen) atoms. The average molecular weight is 295 g/mol. The van der Waals surface area contributed by atoms with Crippen LogP contribution in [0.1, 0.15) is 6.92 Å². The molecule has 0 bridgehead atoms. The van der Waals surface area contributed by atoms with Gasteiger partial charge in [-0.3, -0.25) is 0 Å². The molecule has 0 N–H and O–H groups in total. The summed E-state index contributed by atoms with van der Waals surface area (Å²) in [6.45, 7) is 2.11. The van der Waals surface area contributed by atoms with Gasteiger partial charge < -0.3 is 0 Å². The predicted octanol–water partition coefficient (Wildman–Crippen LogP) is 2.93. The van der Waals surface area contributed by atoms with Crippen LogP contribution in [0, 0.1) is 0 Å². The number of alkyl halides is 3. The topological polar surface area (TPSA) is 0 Å². The Bertz CT molecular complexity index is 44.2. The maximum atomic E-state index is 3.45. The zero-order valence-corrected chi connectivity index (χ0v) is 8.75. The van der Waals surface area contributed by atoms with Crippen molar-refractivity contribution in [1.29, 1.82) is 0 Å². The molecule has 0 spiro atoms. The van der Waals surface area contributed by atoms with Crippen LogP contribution in [0.15, 0.2) is 0 Å². The number of hydrogen-bond donors (Lipinski definition) is 0. The van der Waals surface area contributed by atoms with Crippen LogP contribution in [0.5, 0.6) is 0 Å². The summed E-state index contributed by atoms with van der Waals surface area (Å²) in [6.07, 6.45) is 0. The minimum atomic E-state index is 0.548. The molecule has 0 rings (SSSR count). The van der Waals surface area contributed by atoms with Crippen LogP contribution in [0.25, 0.3) is 0 Å². The first-order valence-corrected chi connectivity index (χ1v) is 4.98. The number of hydrogen-bond acceptors (Lipinski definition) is 0. The average Bonchev–Trinajstić information content (AvgIpc) is 1.65. The summed E-state index contributed by atoms with van der Waals surface area (Å²) in [6, 6.07) is 0. The van der Waals surface area contributed by atoms with Gasteiger partial charge in [-0.2, -0.15) is 0 Å². The van der Waals surface area contributed by atoms with Gasteiger partial charge in [0.05, 0.1) is 0 Å². The zero-order valence-electron chi connectivity index (χ0n) is 4.00. The fourth-order valence-electron chi connectivity index (χ4n) is 0.123.